The van der Waals surface area contributed by atoms with E-state index in [1.54, 1.807) is 0 Å². The Hall–Kier alpha value is -0.0635. The summed E-state index contributed by atoms with van der Waals surface area (Å²) in [6.45, 7) is 10.0. The van der Waals surface area contributed by atoms with Crippen LogP contribution in [0.5, 0.6) is 0 Å². The molecule has 0 N–H and O–H groups in total. The van der Waals surface area contributed by atoms with E-state index >= 15 is 0 Å². The molecule has 1 radical (unpaired) electrons. The zero-order chi connectivity index (χ0) is 10.5. The zero-order valence-corrected chi connectivity index (χ0v) is 11.1. The van der Waals surface area contributed by atoms with Crippen molar-refractivity contribution < 1.29 is 16.8 Å². The molecule has 0 spiro atoms. The van der Waals surface area contributed by atoms with Crippen LogP contribution in [0.1, 0.15) is 27.7 Å². The van der Waals surface area contributed by atoms with Crippen molar-refractivity contribution in [3.05, 3.63) is 5.32 Å². The van der Waals surface area contributed by atoms with E-state index in [0.717, 1.165) is 18.9 Å². The molecule has 0 heterocycles. The fourth-order valence-electron chi connectivity index (χ4n) is 0.933. The van der Waals surface area contributed by atoms with Crippen LogP contribution < -0.4 is 0 Å². The zero-order valence-electron chi connectivity index (χ0n) is 10.1. The number of hydrogen-bond donors (Lipinski definition) is 0. The molecule has 87 valence electrons. The molecule has 0 fully saturated rings. The summed E-state index contributed by atoms with van der Waals surface area (Å²) >= 11 is 0. The Morgan fingerprint density at radius 2 is 1.79 bits per heavy atom. The molecule has 0 aromatic rings. The van der Waals surface area contributed by atoms with E-state index in [1.165, 1.54) is 0 Å². The average Bonchev–Trinajstić information content (AvgIpc) is 1.81. The van der Waals surface area contributed by atoms with E-state index < -0.39 is 0 Å². The molecule has 0 rings (SSSR count). The van der Waals surface area contributed by atoms with Gasteiger partial charge in [0.1, 0.15) is 0 Å². The van der Waals surface area contributed by atoms with E-state index in [9.17, 15) is 0 Å². The van der Waals surface area contributed by atoms with Gasteiger partial charge in [0.15, 0.2) is 0 Å². The molecule has 0 unspecified atom stereocenters. The molecule has 0 saturated heterocycles. The normalized spacial score (nSPS) is 12.6. The Morgan fingerprint density at radius 3 is 2.14 bits per heavy atom. The maximum Gasteiger partial charge on any atom is 0 e. The largest absolute Gasteiger partial charge is 0.468 e. The van der Waals surface area contributed by atoms with Crippen molar-refractivity contribution in [2.75, 3.05) is 27.2 Å². The SMILES string of the molecule is CC(=NC(C)(C)C)[N-]CCN(C)C.[Co]. The molecule has 0 bridgehead atoms. The molecule has 14 heavy (non-hydrogen) atoms. The molecular formula is C10H22CoN3-. The summed E-state index contributed by atoms with van der Waals surface area (Å²) in [6, 6.07) is 0. The first-order valence-corrected chi connectivity index (χ1v) is 4.70. The third-order valence-electron chi connectivity index (χ3n) is 1.39. The summed E-state index contributed by atoms with van der Waals surface area (Å²) in [6.07, 6.45) is 0. The second kappa shape index (κ2) is 7.26. The number of aliphatic imine (C=N–C) groups is 1. The molecule has 3 nitrogen and oxygen atoms in total. The molecule has 0 aliphatic heterocycles. The summed E-state index contributed by atoms with van der Waals surface area (Å²) in [5, 5.41) is 4.36. The summed E-state index contributed by atoms with van der Waals surface area (Å²) < 4.78 is 0. The van der Waals surface area contributed by atoms with Gasteiger partial charge >= 0.3 is 0 Å². The number of likely N-dealkylation sites (N-methyl/N-ethyl adjacent to an activating group) is 1. The van der Waals surface area contributed by atoms with Crippen LogP contribution in [0.2, 0.25) is 0 Å². The first kappa shape index (κ1) is 16.4. The molecule has 0 aromatic carbocycles. The van der Waals surface area contributed by atoms with Gasteiger partial charge < -0.3 is 15.2 Å². The van der Waals surface area contributed by atoms with Crippen LogP contribution in [0.25, 0.3) is 5.32 Å². The minimum absolute atomic E-state index is 0. The molecular weight excluding hydrogens is 221 g/mol. The van der Waals surface area contributed by atoms with Crippen molar-refractivity contribution in [2.45, 2.75) is 33.2 Å². The van der Waals surface area contributed by atoms with Crippen molar-refractivity contribution >= 4 is 5.84 Å². The summed E-state index contributed by atoms with van der Waals surface area (Å²) in [5.41, 5.74) is -0.00823. The van der Waals surface area contributed by atoms with Crippen LogP contribution in [0, 0.1) is 0 Å². The molecule has 0 aliphatic rings. The van der Waals surface area contributed by atoms with E-state index in [1.807, 2.05) is 21.0 Å². The van der Waals surface area contributed by atoms with Crippen molar-refractivity contribution in [1.29, 1.82) is 0 Å². The number of amidine groups is 1. The van der Waals surface area contributed by atoms with Crippen molar-refractivity contribution in [3.8, 4) is 0 Å². The van der Waals surface area contributed by atoms with Gasteiger partial charge in [-0.15, -0.1) is 0 Å². The van der Waals surface area contributed by atoms with E-state index in [-0.39, 0.29) is 22.3 Å². The maximum atomic E-state index is 4.44. The Labute approximate surface area is 98.5 Å². The first-order chi connectivity index (χ1) is 5.81. The second-order valence-electron chi connectivity index (χ2n) is 4.51. The van der Waals surface area contributed by atoms with E-state index in [2.05, 4.69) is 36.0 Å². The van der Waals surface area contributed by atoms with Crippen molar-refractivity contribution in [1.82, 2.24) is 4.90 Å². The third kappa shape index (κ3) is 11.9. The van der Waals surface area contributed by atoms with Crippen LogP contribution in [0.4, 0.5) is 0 Å². The predicted molar refractivity (Wildman–Crippen MR) is 59.6 cm³/mol. The first-order valence-electron chi connectivity index (χ1n) is 4.70. The molecule has 4 heteroatoms. The van der Waals surface area contributed by atoms with Gasteiger partial charge in [0, 0.05) is 16.8 Å². The second-order valence-corrected chi connectivity index (χ2v) is 4.51. The van der Waals surface area contributed by atoms with Gasteiger partial charge in [0.05, 0.1) is 0 Å². The number of rotatable bonds is 3. The van der Waals surface area contributed by atoms with Gasteiger partial charge in [-0.3, -0.25) is 0 Å². The van der Waals surface area contributed by atoms with Crippen LogP contribution in [0.15, 0.2) is 4.99 Å². The Balaban J connectivity index is 0. The average molecular weight is 243 g/mol. The van der Waals surface area contributed by atoms with Gasteiger partial charge in [-0.25, -0.2) is 0 Å². The van der Waals surface area contributed by atoms with Gasteiger partial charge in [-0.1, -0.05) is 26.6 Å². The Kier molecular flexibility index (Phi) is 8.49. The van der Waals surface area contributed by atoms with Gasteiger partial charge in [-0.05, 0) is 39.6 Å². The monoisotopic (exact) mass is 243 g/mol. The topological polar surface area (TPSA) is 29.7 Å². The van der Waals surface area contributed by atoms with E-state index in [0.29, 0.717) is 0 Å². The van der Waals surface area contributed by atoms with Gasteiger partial charge in [0.25, 0.3) is 0 Å². The minimum atomic E-state index is -0.00823. The van der Waals surface area contributed by atoms with Crippen LogP contribution >= 0.6 is 0 Å². The smallest absolute Gasteiger partial charge is 0 e. The van der Waals surface area contributed by atoms with Gasteiger partial charge in [0.2, 0.25) is 0 Å². The standard InChI is InChI=1S/C10H22N3.Co/c1-9(12-10(2,3)4)11-7-8-13(5)6;/h7-8H2,1-6H3;/q-1;. The molecule has 0 amide bonds. The van der Waals surface area contributed by atoms with Gasteiger partial charge in [-0.2, -0.15) is 0 Å². The van der Waals surface area contributed by atoms with Crippen molar-refractivity contribution in [3.63, 3.8) is 0 Å². The van der Waals surface area contributed by atoms with Crippen LogP contribution in [0.3, 0.4) is 0 Å². The van der Waals surface area contributed by atoms with Crippen LogP contribution in [-0.2, 0) is 16.8 Å². The fourth-order valence-corrected chi connectivity index (χ4v) is 0.933. The van der Waals surface area contributed by atoms with Crippen molar-refractivity contribution in [2.24, 2.45) is 4.99 Å². The minimum Gasteiger partial charge on any atom is -0.468 e. The summed E-state index contributed by atoms with van der Waals surface area (Å²) in [4.78, 5) is 6.56. The summed E-state index contributed by atoms with van der Waals surface area (Å²) in [7, 11) is 4.09. The fraction of sp³-hybridized carbons (Fsp3) is 0.900. The quantitative estimate of drug-likeness (QED) is 0.551. The van der Waals surface area contributed by atoms with Crippen LogP contribution in [-0.4, -0.2) is 43.5 Å². The molecule has 0 aromatic heterocycles. The summed E-state index contributed by atoms with van der Waals surface area (Å²) in [5.74, 6) is 0.898. The molecule has 0 saturated carbocycles. The van der Waals surface area contributed by atoms with E-state index in [4.69, 9.17) is 0 Å². The Bertz CT molecular complexity index is 171. The Morgan fingerprint density at radius 1 is 1.29 bits per heavy atom. The third-order valence-corrected chi connectivity index (χ3v) is 1.39. The maximum absolute atomic E-state index is 4.44. The predicted octanol–water partition coefficient (Wildman–Crippen LogP) is 2.14. The molecule has 0 aliphatic carbocycles. The molecule has 0 atom stereocenters. The number of nitrogens with zero attached hydrogens (tertiary/aromatic N) is 3. The number of hydrogen-bond acceptors (Lipinski definition) is 2.